The molecule has 0 spiro atoms. The van der Waals surface area contributed by atoms with Gasteiger partial charge in [0.2, 0.25) is 0 Å². The summed E-state index contributed by atoms with van der Waals surface area (Å²) in [7, 11) is 1.47. The van der Waals surface area contributed by atoms with Crippen molar-refractivity contribution in [3.05, 3.63) is 0 Å². The van der Waals surface area contributed by atoms with Gasteiger partial charge in [0.1, 0.15) is 6.61 Å². The zero-order valence-electron chi connectivity index (χ0n) is 8.73. The number of aliphatic hydroxyl groups excluding tert-OH is 1. The van der Waals surface area contributed by atoms with Gasteiger partial charge in [-0.15, -0.1) is 0 Å². The van der Waals surface area contributed by atoms with Crippen LogP contribution in [0.2, 0.25) is 0 Å². The van der Waals surface area contributed by atoms with Crippen molar-refractivity contribution in [2.45, 2.75) is 19.8 Å². The van der Waals surface area contributed by atoms with E-state index in [1.807, 2.05) is 6.92 Å². The monoisotopic (exact) mass is 204 g/mol. The highest BCUT2D eigenvalue weighted by Crippen LogP contribution is 1.91. The highest BCUT2D eigenvalue weighted by Gasteiger charge is 2.18. The highest BCUT2D eigenvalue weighted by molar-refractivity contribution is 5.62. The highest BCUT2D eigenvalue weighted by atomic mass is 16.6. The number of unbranched alkanes of at least 4 members (excludes halogenated alkanes) is 1. The molecule has 82 valence electrons. The van der Waals surface area contributed by atoms with Crippen LogP contribution in [0.25, 0.3) is 0 Å². The first-order valence-corrected chi connectivity index (χ1v) is 4.66. The number of aliphatic hydroxyl groups is 1. The standard InChI is InChI=1S/C9H18NO4/c1-3-4-5-10(8-13-2)9(12)14-7-6-11/h8,11H,3-7H2,1-2H3/q+1. The van der Waals surface area contributed by atoms with Crippen molar-refractivity contribution in [1.29, 1.82) is 0 Å². The molecular weight excluding hydrogens is 186 g/mol. The Morgan fingerprint density at radius 2 is 2.29 bits per heavy atom. The second kappa shape index (κ2) is 8.50. The van der Waals surface area contributed by atoms with Crippen molar-refractivity contribution in [2.24, 2.45) is 0 Å². The van der Waals surface area contributed by atoms with Crippen molar-refractivity contribution in [3.63, 3.8) is 0 Å². The molecule has 0 aromatic heterocycles. The molecule has 0 aliphatic carbocycles. The molecule has 5 heteroatoms. The zero-order valence-corrected chi connectivity index (χ0v) is 8.73. The number of ether oxygens (including phenoxy) is 2. The molecule has 0 bridgehead atoms. The minimum Gasteiger partial charge on any atom is -0.453 e. The topological polar surface area (TPSA) is 58.8 Å². The molecule has 0 unspecified atom stereocenters. The van der Waals surface area contributed by atoms with Gasteiger partial charge in [0.05, 0.1) is 13.7 Å². The van der Waals surface area contributed by atoms with Gasteiger partial charge < -0.3 is 14.6 Å². The lowest BCUT2D eigenvalue weighted by Crippen LogP contribution is -2.25. The number of methoxy groups -OCH3 is 1. The molecule has 14 heavy (non-hydrogen) atoms. The maximum absolute atomic E-state index is 11.3. The summed E-state index contributed by atoms with van der Waals surface area (Å²) in [6.45, 7) is 2.44. The second-order valence-electron chi connectivity index (χ2n) is 2.73. The maximum Gasteiger partial charge on any atom is 0.599 e. The van der Waals surface area contributed by atoms with Crippen LogP contribution in [0, 0.1) is 0 Å². The Bertz CT molecular complexity index is 191. The molecular formula is C9H18NO4+. The van der Waals surface area contributed by atoms with E-state index in [1.165, 1.54) is 18.1 Å². The molecule has 5 nitrogen and oxygen atoms in total. The van der Waals surface area contributed by atoms with Gasteiger partial charge in [-0.3, -0.25) is 0 Å². The van der Waals surface area contributed by atoms with Crippen molar-refractivity contribution in [1.82, 2.24) is 0 Å². The normalized spacial score (nSPS) is 11.2. The Labute approximate surface area is 83.9 Å². The van der Waals surface area contributed by atoms with Crippen LogP contribution in [-0.2, 0) is 9.47 Å². The van der Waals surface area contributed by atoms with Gasteiger partial charge in [0.25, 0.3) is 0 Å². The first-order valence-electron chi connectivity index (χ1n) is 4.66. The van der Waals surface area contributed by atoms with Gasteiger partial charge in [-0.25, -0.2) is 0 Å². The van der Waals surface area contributed by atoms with Gasteiger partial charge in [-0.05, 0) is 0 Å². The lowest BCUT2D eigenvalue weighted by Gasteiger charge is -2.00. The van der Waals surface area contributed by atoms with Gasteiger partial charge in [0.15, 0.2) is 6.54 Å². The Hall–Kier alpha value is -1.10. The van der Waals surface area contributed by atoms with Crippen LogP contribution in [0.4, 0.5) is 4.79 Å². The van der Waals surface area contributed by atoms with Crippen LogP contribution >= 0.6 is 0 Å². The van der Waals surface area contributed by atoms with Gasteiger partial charge in [0, 0.05) is 6.42 Å². The molecule has 0 aliphatic rings. The summed E-state index contributed by atoms with van der Waals surface area (Å²) >= 11 is 0. The summed E-state index contributed by atoms with van der Waals surface area (Å²) in [6.07, 6.45) is 2.69. The quantitative estimate of drug-likeness (QED) is 0.391. The first-order chi connectivity index (χ1) is 6.76. The van der Waals surface area contributed by atoms with Crippen LogP contribution in [0.3, 0.4) is 0 Å². The van der Waals surface area contributed by atoms with Crippen molar-refractivity contribution in [2.75, 3.05) is 26.9 Å². The van der Waals surface area contributed by atoms with E-state index < -0.39 is 6.09 Å². The number of hydrogen-bond acceptors (Lipinski definition) is 4. The van der Waals surface area contributed by atoms with Crippen molar-refractivity contribution >= 4 is 12.5 Å². The molecule has 0 fully saturated rings. The van der Waals surface area contributed by atoms with E-state index in [9.17, 15) is 4.79 Å². The Morgan fingerprint density at radius 1 is 1.57 bits per heavy atom. The predicted molar refractivity (Wildman–Crippen MR) is 51.5 cm³/mol. The van der Waals surface area contributed by atoms with Crippen LogP contribution in [-0.4, -0.2) is 49.0 Å². The van der Waals surface area contributed by atoms with E-state index in [4.69, 9.17) is 14.6 Å². The molecule has 0 saturated carbocycles. The maximum atomic E-state index is 11.3. The van der Waals surface area contributed by atoms with Gasteiger partial charge in [-0.2, -0.15) is 4.79 Å². The summed E-state index contributed by atoms with van der Waals surface area (Å²) in [5.74, 6) is 0. The van der Waals surface area contributed by atoms with Crippen LogP contribution in [0.1, 0.15) is 19.8 Å². The van der Waals surface area contributed by atoms with E-state index in [0.717, 1.165) is 12.8 Å². The fourth-order valence-electron chi connectivity index (χ4n) is 0.859. The van der Waals surface area contributed by atoms with Crippen LogP contribution in [0.5, 0.6) is 0 Å². The van der Waals surface area contributed by atoms with E-state index in [0.29, 0.717) is 6.54 Å². The van der Waals surface area contributed by atoms with Crippen molar-refractivity contribution < 1.29 is 24.0 Å². The van der Waals surface area contributed by atoms with E-state index in [-0.39, 0.29) is 13.2 Å². The number of amides is 1. The summed E-state index contributed by atoms with van der Waals surface area (Å²) in [6, 6.07) is 0. The minimum atomic E-state index is -0.491. The zero-order chi connectivity index (χ0) is 10.8. The molecule has 1 amide bonds. The third-order valence-corrected chi connectivity index (χ3v) is 1.54. The fourth-order valence-corrected chi connectivity index (χ4v) is 0.859. The van der Waals surface area contributed by atoms with Gasteiger partial charge >= 0.3 is 12.5 Å². The summed E-state index contributed by atoms with van der Waals surface area (Å²) in [5.41, 5.74) is 0. The summed E-state index contributed by atoms with van der Waals surface area (Å²) in [4.78, 5) is 11.3. The first kappa shape index (κ1) is 12.9. The predicted octanol–water partition coefficient (Wildman–Crippen LogP) is 0.603. The SMILES string of the molecule is CCCC[N+](=COC)C(=O)OCCO. The summed E-state index contributed by atoms with van der Waals surface area (Å²) in [5, 5.41) is 8.47. The number of nitrogens with zero attached hydrogens (tertiary/aromatic N) is 1. The lowest BCUT2D eigenvalue weighted by atomic mass is 10.3. The van der Waals surface area contributed by atoms with E-state index in [2.05, 4.69) is 0 Å². The van der Waals surface area contributed by atoms with Crippen LogP contribution in [0.15, 0.2) is 0 Å². The molecule has 0 aliphatic heterocycles. The Morgan fingerprint density at radius 3 is 2.79 bits per heavy atom. The number of carbonyl (C=O) groups excluding carboxylic acids is 1. The second-order valence-corrected chi connectivity index (χ2v) is 2.73. The van der Waals surface area contributed by atoms with Gasteiger partial charge in [-0.1, -0.05) is 17.9 Å². The third-order valence-electron chi connectivity index (χ3n) is 1.54. The Balaban J connectivity index is 4.05. The molecule has 0 aromatic rings. The molecule has 0 rings (SSSR count). The van der Waals surface area contributed by atoms with E-state index in [1.54, 1.807) is 0 Å². The summed E-state index contributed by atoms with van der Waals surface area (Å²) < 4.78 is 10.8. The smallest absolute Gasteiger partial charge is 0.453 e. The molecule has 0 radical (unpaired) electrons. The fraction of sp³-hybridized carbons (Fsp3) is 0.778. The number of carbonyl (C=O) groups is 1. The largest absolute Gasteiger partial charge is 0.599 e. The number of hydrogen-bond donors (Lipinski definition) is 1. The average molecular weight is 204 g/mol. The minimum absolute atomic E-state index is 0.0129. The molecule has 0 saturated heterocycles. The molecule has 0 aromatic carbocycles. The number of rotatable bonds is 6. The average Bonchev–Trinajstić information content (AvgIpc) is 2.20. The third kappa shape index (κ3) is 5.53. The molecule has 1 N–H and O–H groups in total. The Kier molecular flexibility index (Phi) is 7.83. The van der Waals surface area contributed by atoms with E-state index >= 15 is 0 Å². The lowest BCUT2D eigenvalue weighted by molar-refractivity contribution is -0.451. The van der Waals surface area contributed by atoms with Crippen molar-refractivity contribution in [3.8, 4) is 0 Å². The molecule has 0 heterocycles. The molecule has 0 atom stereocenters. The van der Waals surface area contributed by atoms with Crippen LogP contribution < -0.4 is 0 Å².